The minimum Gasteiger partial charge on any atom is -0.497 e. The Balaban J connectivity index is 1.75. The maximum atomic E-state index is 12.3. The minimum absolute atomic E-state index is 0.106. The molecule has 0 saturated carbocycles. The van der Waals surface area contributed by atoms with Gasteiger partial charge >= 0.3 is 0 Å². The fraction of sp³-hybridized carbons (Fsp3) is 0.217. The highest BCUT2D eigenvalue weighted by Gasteiger charge is 2.33. The van der Waals surface area contributed by atoms with E-state index >= 15 is 0 Å². The molecule has 3 aromatic rings. The van der Waals surface area contributed by atoms with E-state index < -0.39 is 0 Å². The van der Waals surface area contributed by atoms with Crippen molar-refractivity contribution in [2.45, 2.75) is 19.4 Å². The maximum absolute atomic E-state index is 12.3. The van der Waals surface area contributed by atoms with Crippen LogP contribution in [0.3, 0.4) is 0 Å². The SMILES string of the molecule is COc1ccc(OC)c(C2CC(c3ccc4ccccc4c3)=NN2C(C)=O)c1. The van der Waals surface area contributed by atoms with Gasteiger partial charge in [0.2, 0.25) is 5.91 Å². The van der Waals surface area contributed by atoms with Gasteiger partial charge in [-0.25, -0.2) is 5.01 Å². The smallest absolute Gasteiger partial charge is 0.240 e. The lowest BCUT2D eigenvalue weighted by Crippen LogP contribution is -2.24. The van der Waals surface area contributed by atoms with Crippen LogP contribution in [0, 0.1) is 0 Å². The van der Waals surface area contributed by atoms with E-state index in [0.717, 1.165) is 28.0 Å². The molecule has 28 heavy (non-hydrogen) atoms. The number of nitrogens with zero attached hydrogens (tertiary/aromatic N) is 2. The summed E-state index contributed by atoms with van der Waals surface area (Å²) in [6.45, 7) is 1.53. The lowest BCUT2D eigenvalue weighted by Gasteiger charge is -2.22. The van der Waals surface area contributed by atoms with Gasteiger partial charge in [-0.2, -0.15) is 5.10 Å². The molecule has 4 rings (SSSR count). The van der Waals surface area contributed by atoms with E-state index in [1.807, 2.05) is 30.3 Å². The van der Waals surface area contributed by atoms with Crippen molar-refractivity contribution >= 4 is 22.4 Å². The Kier molecular flexibility index (Phi) is 4.74. The van der Waals surface area contributed by atoms with E-state index in [0.29, 0.717) is 12.2 Å². The highest BCUT2D eigenvalue weighted by atomic mass is 16.5. The number of benzene rings is 3. The van der Waals surface area contributed by atoms with Crippen LogP contribution in [0.15, 0.2) is 65.8 Å². The van der Waals surface area contributed by atoms with Crippen LogP contribution in [0.4, 0.5) is 0 Å². The first kappa shape index (κ1) is 18.0. The van der Waals surface area contributed by atoms with Gasteiger partial charge in [0.05, 0.1) is 26.0 Å². The molecule has 1 atom stereocenters. The minimum atomic E-state index is -0.232. The van der Waals surface area contributed by atoms with Gasteiger partial charge in [0.1, 0.15) is 11.5 Å². The molecule has 1 heterocycles. The molecular formula is C23H22N2O3. The van der Waals surface area contributed by atoms with Crippen LogP contribution in [0.5, 0.6) is 11.5 Å². The van der Waals surface area contributed by atoms with Gasteiger partial charge in [0, 0.05) is 18.9 Å². The predicted octanol–water partition coefficient (Wildman–Crippen LogP) is 4.55. The molecule has 0 aliphatic carbocycles. The summed E-state index contributed by atoms with van der Waals surface area (Å²) < 4.78 is 10.9. The number of hydrazone groups is 1. The van der Waals surface area contributed by atoms with E-state index in [4.69, 9.17) is 9.47 Å². The van der Waals surface area contributed by atoms with Crippen LogP contribution in [0.25, 0.3) is 10.8 Å². The molecule has 5 nitrogen and oxygen atoms in total. The van der Waals surface area contributed by atoms with Crippen molar-refractivity contribution in [2.75, 3.05) is 14.2 Å². The molecule has 0 aromatic heterocycles. The fourth-order valence-electron chi connectivity index (χ4n) is 3.69. The second-order valence-electron chi connectivity index (χ2n) is 6.80. The summed E-state index contributed by atoms with van der Waals surface area (Å²) in [6.07, 6.45) is 0.613. The number of carbonyl (C=O) groups is 1. The second kappa shape index (κ2) is 7.35. The Labute approximate surface area is 164 Å². The van der Waals surface area contributed by atoms with Gasteiger partial charge in [-0.05, 0) is 40.6 Å². The molecule has 0 spiro atoms. The molecule has 0 bridgehead atoms. The van der Waals surface area contributed by atoms with Crippen LogP contribution in [-0.2, 0) is 4.79 Å². The van der Waals surface area contributed by atoms with Crippen LogP contribution < -0.4 is 9.47 Å². The summed E-state index contributed by atoms with van der Waals surface area (Å²) in [5.41, 5.74) is 2.79. The lowest BCUT2D eigenvalue weighted by molar-refractivity contribution is -0.130. The Morgan fingerprint density at radius 3 is 2.50 bits per heavy atom. The molecule has 0 radical (unpaired) electrons. The molecule has 3 aromatic carbocycles. The maximum Gasteiger partial charge on any atom is 0.240 e. The van der Waals surface area contributed by atoms with Crippen molar-refractivity contribution in [3.05, 3.63) is 71.8 Å². The molecule has 1 aliphatic heterocycles. The Morgan fingerprint density at radius 1 is 1.00 bits per heavy atom. The zero-order valence-corrected chi connectivity index (χ0v) is 16.2. The molecule has 1 unspecified atom stereocenters. The number of hydrogen-bond acceptors (Lipinski definition) is 4. The summed E-state index contributed by atoms with van der Waals surface area (Å²) in [5, 5.41) is 8.53. The molecule has 0 fully saturated rings. The van der Waals surface area contributed by atoms with Gasteiger partial charge in [-0.3, -0.25) is 4.79 Å². The average molecular weight is 374 g/mol. The third-order valence-corrected chi connectivity index (χ3v) is 5.11. The highest BCUT2D eigenvalue weighted by Crippen LogP contribution is 2.39. The van der Waals surface area contributed by atoms with E-state index in [9.17, 15) is 4.79 Å². The van der Waals surface area contributed by atoms with Gasteiger partial charge < -0.3 is 9.47 Å². The molecule has 0 N–H and O–H groups in total. The number of amides is 1. The monoisotopic (exact) mass is 374 g/mol. The van der Waals surface area contributed by atoms with Crippen LogP contribution in [0.1, 0.15) is 30.5 Å². The van der Waals surface area contributed by atoms with Crippen molar-refractivity contribution < 1.29 is 14.3 Å². The van der Waals surface area contributed by atoms with Crippen molar-refractivity contribution in [2.24, 2.45) is 5.10 Å². The zero-order chi connectivity index (χ0) is 19.7. The quantitative estimate of drug-likeness (QED) is 0.673. The van der Waals surface area contributed by atoms with Crippen molar-refractivity contribution in [3.8, 4) is 11.5 Å². The average Bonchev–Trinajstić information content (AvgIpc) is 3.18. The van der Waals surface area contributed by atoms with Crippen LogP contribution in [0.2, 0.25) is 0 Å². The zero-order valence-electron chi connectivity index (χ0n) is 16.2. The lowest BCUT2D eigenvalue weighted by atomic mass is 9.96. The first-order valence-corrected chi connectivity index (χ1v) is 9.19. The van der Waals surface area contributed by atoms with E-state index in [1.54, 1.807) is 19.2 Å². The number of ether oxygens (including phenoxy) is 2. The number of fused-ring (bicyclic) bond motifs is 1. The van der Waals surface area contributed by atoms with Gasteiger partial charge in [0.25, 0.3) is 0 Å². The normalized spacial score (nSPS) is 16.2. The van der Waals surface area contributed by atoms with Crippen LogP contribution in [-0.4, -0.2) is 30.8 Å². The fourth-order valence-corrected chi connectivity index (χ4v) is 3.69. The summed E-state index contributed by atoms with van der Waals surface area (Å²) in [7, 11) is 3.25. The van der Waals surface area contributed by atoms with Crippen molar-refractivity contribution in [1.82, 2.24) is 5.01 Å². The highest BCUT2D eigenvalue weighted by molar-refractivity contribution is 6.05. The molecule has 1 amide bonds. The van der Waals surface area contributed by atoms with Crippen molar-refractivity contribution in [1.29, 1.82) is 0 Å². The van der Waals surface area contributed by atoms with Gasteiger partial charge in [0.15, 0.2) is 0 Å². The molecule has 5 heteroatoms. The van der Waals surface area contributed by atoms with Crippen LogP contribution >= 0.6 is 0 Å². The van der Waals surface area contributed by atoms with Gasteiger partial charge in [-0.1, -0.05) is 36.4 Å². The number of carbonyl (C=O) groups excluding carboxylic acids is 1. The molecule has 142 valence electrons. The number of rotatable bonds is 4. The van der Waals surface area contributed by atoms with E-state index in [2.05, 4.69) is 35.4 Å². The predicted molar refractivity (Wildman–Crippen MR) is 110 cm³/mol. The summed E-state index contributed by atoms with van der Waals surface area (Å²) >= 11 is 0. The Hall–Kier alpha value is -3.34. The van der Waals surface area contributed by atoms with E-state index in [1.165, 1.54) is 12.3 Å². The number of hydrogen-bond donors (Lipinski definition) is 0. The summed E-state index contributed by atoms with van der Waals surface area (Å²) in [5.74, 6) is 1.33. The molecular weight excluding hydrogens is 352 g/mol. The molecule has 1 aliphatic rings. The Morgan fingerprint density at radius 2 is 1.79 bits per heavy atom. The third-order valence-electron chi connectivity index (χ3n) is 5.11. The number of methoxy groups -OCH3 is 2. The van der Waals surface area contributed by atoms with E-state index in [-0.39, 0.29) is 11.9 Å². The molecule has 0 saturated heterocycles. The largest absolute Gasteiger partial charge is 0.497 e. The standard InChI is InChI=1S/C23H22N2O3/c1-15(26)25-22(20-13-19(27-2)10-11-23(20)28-3)14-21(24-25)18-9-8-16-6-4-5-7-17(16)12-18/h4-13,22H,14H2,1-3H3. The first-order chi connectivity index (χ1) is 13.6. The topological polar surface area (TPSA) is 51.1 Å². The first-order valence-electron chi connectivity index (χ1n) is 9.19. The summed E-state index contributed by atoms with van der Waals surface area (Å²) in [6, 6.07) is 19.9. The Bertz CT molecular complexity index is 1070. The van der Waals surface area contributed by atoms with Crippen molar-refractivity contribution in [3.63, 3.8) is 0 Å². The second-order valence-corrected chi connectivity index (χ2v) is 6.80. The van der Waals surface area contributed by atoms with Gasteiger partial charge in [-0.15, -0.1) is 0 Å². The third kappa shape index (κ3) is 3.20. The summed E-state index contributed by atoms with van der Waals surface area (Å²) in [4.78, 5) is 12.3.